The summed E-state index contributed by atoms with van der Waals surface area (Å²) in [5, 5.41) is 3.47. The summed E-state index contributed by atoms with van der Waals surface area (Å²) < 4.78 is 79.1. The summed E-state index contributed by atoms with van der Waals surface area (Å²) in [6, 6.07) is 2.72. The number of hydrogen-bond donors (Lipinski definition) is 1. The Morgan fingerprint density at radius 1 is 0.957 bits per heavy atom. The molecule has 1 heterocycles. The second-order valence-electron chi connectivity index (χ2n) is 5.22. The molecule has 2 rings (SSSR count). The van der Waals surface area contributed by atoms with Gasteiger partial charge in [0.1, 0.15) is 11.3 Å². The Bertz CT molecular complexity index is 755. The maximum Gasteiger partial charge on any atom is 0.433 e. The van der Waals surface area contributed by atoms with E-state index in [4.69, 9.17) is 5.73 Å². The van der Waals surface area contributed by atoms with Crippen LogP contribution in [-0.2, 0) is 19.4 Å². The topological polar surface area (TPSA) is 43.8 Å². The predicted molar refractivity (Wildman–Crippen MR) is 72.5 cm³/mol. The minimum absolute atomic E-state index is 0.0773. The first-order valence-electron chi connectivity index (χ1n) is 6.42. The first-order valence-corrected chi connectivity index (χ1v) is 6.42. The van der Waals surface area contributed by atoms with Crippen molar-refractivity contribution in [3.63, 3.8) is 0 Å². The summed E-state index contributed by atoms with van der Waals surface area (Å²) in [6.45, 7) is 3.14. The van der Waals surface area contributed by atoms with E-state index in [1.807, 2.05) is 0 Å². The Balaban J connectivity index is 2.87. The Kier molecular flexibility index (Phi) is 3.86. The predicted octanol–water partition coefficient (Wildman–Crippen LogP) is 4.32. The molecular formula is C14H13F6N3. The first-order chi connectivity index (χ1) is 10.3. The summed E-state index contributed by atoms with van der Waals surface area (Å²) in [6.07, 6.45) is -10.4. The quantitative estimate of drug-likeness (QED) is 0.622. The van der Waals surface area contributed by atoms with Gasteiger partial charge in [0.15, 0.2) is 5.69 Å². The fraction of sp³-hybridized carbons (Fsp3) is 0.357. The number of aromatic nitrogens is 2. The number of hydrogen-bond acceptors (Lipinski definition) is 2. The summed E-state index contributed by atoms with van der Waals surface area (Å²) in [4.78, 5) is 0. The number of aryl methyl sites for hydroxylation is 3. The van der Waals surface area contributed by atoms with Crippen molar-refractivity contribution in [3.05, 3.63) is 34.5 Å². The Morgan fingerprint density at radius 3 is 2.00 bits per heavy atom. The van der Waals surface area contributed by atoms with E-state index in [1.165, 1.54) is 19.1 Å². The van der Waals surface area contributed by atoms with Gasteiger partial charge in [-0.3, -0.25) is 4.68 Å². The Hall–Kier alpha value is -2.19. The lowest BCUT2D eigenvalue weighted by atomic mass is 9.98. The molecule has 0 saturated heterocycles. The number of halogens is 6. The molecule has 3 nitrogen and oxygen atoms in total. The van der Waals surface area contributed by atoms with Crippen molar-refractivity contribution < 1.29 is 26.3 Å². The van der Waals surface area contributed by atoms with Gasteiger partial charge in [0, 0.05) is 18.3 Å². The van der Waals surface area contributed by atoms with E-state index < -0.39 is 29.3 Å². The van der Waals surface area contributed by atoms with Gasteiger partial charge in [-0.15, -0.1) is 0 Å². The molecule has 0 amide bonds. The molecule has 126 valence electrons. The van der Waals surface area contributed by atoms with E-state index in [-0.39, 0.29) is 15.9 Å². The number of alkyl halides is 6. The van der Waals surface area contributed by atoms with Crippen molar-refractivity contribution in [3.8, 4) is 11.3 Å². The van der Waals surface area contributed by atoms with Crippen LogP contribution in [0.4, 0.5) is 32.0 Å². The average molecular weight is 337 g/mol. The zero-order chi connectivity index (χ0) is 17.7. The van der Waals surface area contributed by atoms with E-state index in [0.29, 0.717) is 11.1 Å². The maximum absolute atomic E-state index is 13.3. The molecule has 0 aliphatic heterocycles. The Morgan fingerprint density at radius 2 is 1.52 bits per heavy atom. The molecule has 1 aromatic carbocycles. The number of nitrogen functional groups attached to an aromatic ring is 1. The number of benzene rings is 1. The molecule has 2 aromatic rings. The van der Waals surface area contributed by atoms with E-state index in [9.17, 15) is 26.3 Å². The molecule has 0 saturated carbocycles. The molecule has 0 bridgehead atoms. The van der Waals surface area contributed by atoms with E-state index >= 15 is 0 Å². The van der Waals surface area contributed by atoms with Gasteiger partial charge < -0.3 is 5.73 Å². The zero-order valence-corrected chi connectivity index (χ0v) is 12.4. The monoisotopic (exact) mass is 337 g/mol. The van der Waals surface area contributed by atoms with Crippen LogP contribution in [0.25, 0.3) is 11.3 Å². The van der Waals surface area contributed by atoms with Crippen molar-refractivity contribution in [2.75, 3.05) is 5.73 Å². The molecule has 23 heavy (non-hydrogen) atoms. The molecule has 2 N–H and O–H groups in total. The van der Waals surface area contributed by atoms with Crippen LogP contribution in [0.5, 0.6) is 0 Å². The smallest absolute Gasteiger partial charge is 0.398 e. The molecule has 1 aromatic heterocycles. The maximum atomic E-state index is 13.3. The van der Waals surface area contributed by atoms with Crippen LogP contribution in [0.3, 0.4) is 0 Å². The SMILES string of the molecule is Cc1cc(C)c(-c2nn(C)c(C(F)(F)F)c2C(F)(F)F)cc1N. The first kappa shape index (κ1) is 17.2. The van der Waals surface area contributed by atoms with Crippen LogP contribution in [0.15, 0.2) is 12.1 Å². The van der Waals surface area contributed by atoms with Crippen molar-refractivity contribution in [2.45, 2.75) is 26.2 Å². The summed E-state index contributed by atoms with van der Waals surface area (Å²) in [5.41, 5.74) is 2.33. The van der Waals surface area contributed by atoms with E-state index in [0.717, 1.165) is 7.05 Å². The molecular weight excluding hydrogens is 324 g/mol. The summed E-state index contributed by atoms with van der Waals surface area (Å²) in [7, 11) is 0.828. The van der Waals surface area contributed by atoms with Crippen LogP contribution in [0.2, 0.25) is 0 Å². The molecule has 0 aliphatic carbocycles. The molecule has 0 unspecified atom stereocenters. The molecule has 0 atom stereocenters. The summed E-state index contributed by atoms with van der Waals surface area (Å²) >= 11 is 0. The number of nitrogens with zero attached hydrogens (tertiary/aromatic N) is 2. The normalized spacial score (nSPS) is 12.7. The standard InChI is InChI=1S/C14H13F6N3/c1-6-4-7(2)9(21)5-8(6)11-10(13(15,16)17)12(14(18,19)20)23(3)22-11/h4-5H,21H2,1-3H3. The van der Waals surface area contributed by atoms with Gasteiger partial charge in [0.2, 0.25) is 0 Å². The van der Waals surface area contributed by atoms with Crippen molar-refractivity contribution in [1.29, 1.82) is 0 Å². The van der Waals surface area contributed by atoms with Gasteiger partial charge >= 0.3 is 12.4 Å². The molecule has 0 spiro atoms. The van der Waals surface area contributed by atoms with Crippen LogP contribution in [0.1, 0.15) is 22.4 Å². The lowest BCUT2D eigenvalue weighted by Gasteiger charge is -2.14. The van der Waals surface area contributed by atoms with Crippen LogP contribution < -0.4 is 5.73 Å². The van der Waals surface area contributed by atoms with Gasteiger partial charge in [-0.1, -0.05) is 6.07 Å². The second kappa shape index (κ2) is 5.17. The van der Waals surface area contributed by atoms with Crippen LogP contribution >= 0.6 is 0 Å². The molecule has 0 radical (unpaired) electrons. The van der Waals surface area contributed by atoms with Crippen molar-refractivity contribution >= 4 is 5.69 Å². The van der Waals surface area contributed by atoms with Gasteiger partial charge in [-0.2, -0.15) is 31.4 Å². The minimum Gasteiger partial charge on any atom is -0.398 e. The van der Waals surface area contributed by atoms with Crippen LogP contribution in [0, 0.1) is 13.8 Å². The highest BCUT2D eigenvalue weighted by Gasteiger charge is 2.49. The fourth-order valence-electron chi connectivity index (χ4n) is 2.43. The zero-order valence-electron chi connectivity index (χ0n) is 12.4. The highest BCUT2D eigenvalue weighted by atomic mass is 19.4. The number of nitrogens with two attached hydrogens (primary N) is 1. The van der Waals surface area contributed by atoms with Crippen LogP contribution in [-0.4, -0.2) is 9.78 Å². The molecule has 0 aliphatic rings. The van der Waals surface area contributed by atoms with E-state index in [2.05, 4.69) is 5.10 Å². The lowest BCUT2D eigenvalue weighted by Crippen LogP contribution is -2.19. The molecule has 9 heteroatoms. The minimum atomic E-state index is -5.21. The third kappa shape index (κ3) is 2.99. The van der Waals surface area contributed by atoms with Gasteiger partial charge in [-0.25, -0.2) is 0 Å². The van der Waals surface area contributed by atoms with Crippen molar-refractivity contribution in [2.24, 2.45) is 7.05 Å². The second-order valence-corrected chi connectivity index (χ2v) is 5.22. The van der Waals surface area contributed by atoms with Crippen molar-refractivity contribution in [1.82, 2.24) is 9.78 Å². The Labute approximate surface area is 127 Å². The van der Waals surface area contributed by atoms with Gasteiger partial charge in [-0.05, 0) is 31.0 Å². The van der Waals surface area contributed by atoms with E-state index in [1.54, 1.807) is 6.92 Å². The lowest BCUT2D eigenvalue weighted by molar-refractivity contribution is -0.165. The largest absolute Gasteiger partial charge is 0.433 e. The van der Waals surface area contributed by atoms with Gasteiger partial charge in [0.05, 0.1) is 0 Å². The molecule has 0 fully saturated rings. The highest BCUT2D eigenvalue weighted by Crippen LogP contribution is 2.45. The highest BCUT2D eigenvalue weighted by molar-refractivity contribution is 5.73. The number of anilines is 1. The third-order valence-corrected chi connectivity index (χ3v) is 3.47. The number of rotatable bonds is 1. The third-order valence-electron chi connectivity index (χ3n) is 3.47. The average Bonchev–Trinajstić information content (AvgIpc) is 2.71. The fourth-order valence-corrected chi connectivity index (χ4v) is 2.43. The summed E-state index contributed by atoms with van der Waals surface area (Å²) in [5.74, 6) is 0. The van der Waals surface area contributed by atoms with Gasteiger partial charge in [0.25, 0.3) is 0 Å².